The number of rotatable bonds is 3. The van der Waals surface area contributed by atoms with Crippen molar-refractivity contribution in [2.75, 3.05) is 0 Å². The van der Waals surface area contributed by atoms with Crippen LogP contribution in [0.2, 0.25) is 0 Å². The second-order valence-corrected chi connectivity index (χ2v) is 2.37. The number of aldehydes is 1. The molecule has 0 fully saturated rings. The Kier molecular flexibility index (Phi) is 2.69. The predicted molar refractivity (Wildman–Crippen MR) is 43.8 cm³/mol. The molecule has 0 atom stereocenters. The summed E-state index contributed by atoms with van der Waals surface area (Å²) in [7, 11) is 0. The molecule has 5 heteroatoms. The Morgan fingerprint density at radius 2 is 2.38 bits per heavy atom. The van der Waals surface area contributed by atoms with E-state index in [1.165, 1.54) is 6.20 Å². The van der Waals surface area contributed by atoms with Crippen molar-refractivity contribution < 1.29 is 14.7 Å². The van der Waals surface area contributed by atoms with Crippen molar-refractivity contribution in [3.8, 4) is 0 Å². The van der Waals surface area contributed by atoms with Crippen molar-refractivity contribution in [2.24, 2.45) is 0 Å². The fourth-order valence-electron chi connectivity index (χ4n) is 0.856. The molecule has 0 amide bonds. The van der Waals surface area contributed by atoms with Crippen molar-refractivity contribution in [3.63, 3.8) is 0 Å². The lowest BCUT2D eigenvalue weighted by Gasteiger charge is -1.99. The summed E-state index contributed by atoms with van der Waals surface area (Å²) >= 11 is 0. The monoisotopic (exact) mass is 180 g/mol. The van der Waals surface area contributed by atoms with E-state index in [9.17, 15) is 9.59 Å². The van der Waals surface area contributed by atoms with Gasteiger partial charge in [-0.1, -0.05) is 6.92 Å². The number of hydrogen-bond donors (Lipinski definition) is 1. The molecule has 0 bridgehead atoms. The van der Waals surface area contributed by atoms with Crippen LogP contribution in [-0.4, -0.2) is 27.3 Å². The van der Waals surface area contributed by atoms with Crippen molar-refractivity contribution in [1.82, 2.24) is 9.97 Å². The summed E-state index contributed by atoms with van der Waals surface area (Å²) in [5, 5.41) is 8.67. The van der Waals surface area contributed by atoms with Crippen LogP contribution in [0.3, 0.4) is 0 Å². The van der Waals surface area contributed by atoms with Gasteiger partial charge in [0.1, 0.15) is 5.82 Å². The van der Waals surface area contributed by atoms with Gasteiger partial charge in [0, 0.05) is 12.6 Å². The molecule has 1 heterocycles. The predicted octanol–water partition coefficient (Wildman–Crippen LogP) is 0.550. The number of carboxylic acid groups (broad SMARTS) is 1. The quantitative estimate of drug-likeness (QED) is 0.687. The van der Waals surface area contributed by atoms with Gasteiger partial charge in [0.15, 0.2) is 12.0 Å². The molecule has 0 aliphatic carbocycles. The van der Waals surface area contributed by atoms with Crippen LogP contribution in [-0.2, 0) is 6.42 Å². The van der Waals surface area contributed by atoms with Gasteiger partial charge in [0.05, 0.1) is 5.56 Å². The van der Waals surface area contributed by atoms with Crippen LogP contribution in [0.4, 0.5) is 0 Å². The van der Waals surface area contributed by atoms with Crippen LogP contribution in [0.15, 0.2) is 6.20 Å². The Bertz CT molecular complexity index is 349. The summed E-state index contributed by atoms with van der Waals surface area (Å²) in [4.78, 5) is 28.5. The van der Waals surface area contributed by atoms with E-state index in [1.807, 2.05) is 6.92 Å². The van der Waals surface area contributed by atoms with Gasteiger partial charge < -0.3 is 5.11 Å². The lowest BCUT2D eigenvalue weighted by molar-refractivity contribution is 0.0686. The fourth-order valence-corrected chi connectivity index (χ4v) is 0.856. The molecule has 68 valence electrons. The highest BCUT2D eigenvalue weighted by Gasteiger charge is 2.12. The molecule has 1 N–H and O–H groups in total. The molecule has 5 nitrogen and oxygen atoms in total. The molecule has 0 saturated heterocycles. The van der Waals surface area contributed by atoms with Crippen LogP contribution >= 0.6 is 0 Å². The molecule has 0 spiro atoms. The number of aromatic carboxylic acids is 1. The summed E-state index contributed by atoms with van der Waals surface area (Å²) < 4.78 is 0. The maximum atomic E-state index is 10.6. The minimum Gasteiger partial charge on any atom is -0.476 e. The van der Waals surface area contributed by atoms with Gasteiger partial charge in [-0.05, 0) is 0 Å². The van der Waals surface area contributed by atoms with Crippen LogP contribution in [0.5, 0.6) is 0 Å². The molecule has 1 aromatic rings. The molecule has 0 saturated carbocycles. The number of carbonyl (C=O) groups excluding carboxylic acids is 1. The zero-order valence-corrected chi connectivity index (χ0v) is 7.02. The Labute approximate surface area is 74.4 Å². The molecule has 0 aliphatic rings. The summed E-state index contributed by atoms with van der Waals surface area (Å²) in [6, 6.07) is 0. The SMILES string of the molecule is CCc1ncc(C=O)c(C(=O)O)n1. The zero-order chi connectivity index (χ0) is 9.84. The van der Waals surface area contributed by atoms with E-state index in [4.69, 9.17) is 5.11 Å². The third-order valence-corrected chi connectivity index (χ3v) is 1.51. The maximum Gasteiger partial charge on any atom is 0.355 e. The second kappa shape index (κ2) is 3.75. The third-order valence-electron chi connectivity index (χ3n) is 1.51. The van der Waals surface area contributed by atoms with E-state index < -0.39 is 5.97 Å². The Morgan fingerprint density at radius 3 is 2.85 bits per heavy atom. The van der Waals surface area contributed by atoms with Gasteiger partial charge in [-0.2, -0.15) is 0 Å². The van der Waals surface area contributed by atoms with E-state index in [1.54, 1.807) is 0 Å². The van der Waals surface area contributed by atoms with Crippen LogP contribution < -0.4 is 0 Å². The number of carboxylic acids is 1. The van der Waals surface area contributed by atoms with E-state index in [0.717, 1.165) is 0 Å². The van der Waals surface area contributed by atoms with Crippen molar-refractivity contribution in [1.29, 1.82) is 0 Å². The zero-order valence-electron chi connectivity index (χ0n) is 7.02. The fraction of sp³-hybridized carbons (Fsp3) is 0.250. The Balaban J connectivity index is 3.25. The summed E-state index contributed by atoms with van der Waals surface area (Å²) in [5.74, 6) is -0.790. The largest absolute Gasteiger partial charge is 0.476 e. The summed E-state index contributed by atoms with van der Waals surface area (Å²) in [6.45, 7) is 1.81. The number of aryl methyl sites for hydroxylation is 1. The molecular weight excluding hydrogens is 172 g/mol. The first-order valence-electron chi connectivity index (χ1n) is 3.73. The first-order valence-corrected chi connectivity index (χ1v) is 3.73. The molecular formula is C8H8N2O3. The third kappa shape index (κ3) is 1.87. The van der Waals surface area contributed by atoms with Crippen molar-refractivity contribution in [2.45, 2.75) is 13.3 Å². The minimum absolute atomic E-state index is 0.00435. The Hall–Kier alpha value is -1.78. The van der Waals surface area contributed by atoms with Crippen LogP contribution in [0.1, 0.15) is 33.6 Å². The van der Waals surface area contributed by atoms with E-state index in [0.29, 0.717) is 18.5 Å². The normalized spacial score (nSPS) is 9.62. The highest BCUT2D eigenvalue weighted by molar-refractivity contribution is 5.94. The van der Waals surface area contributed by atoms with Crippen LogP contribution in [0, 0.1) is 0 Å². The summed E-state index contributed by atoms with van der Waals surface area (Å²) in [6.07, 6.45) is 2.20. The molecule has 1 aromatic heterocycles. The molecule has 0 unspecified atom stereocenters. The summed E-state index contributed by atoms with van der Waals surface area (Å²) in [5.41, 5.74) is -0.230. The van der Waals surface area contributed by atoms with E-state index in [2.05, 4.69) is 9.97 Å². The first-order chi connectivity index (χ1) is 6.19. The number of hydrogen-bond acceptors (Lipinski definition) is 4. The average molecular weight is 180 g/mol. The van der Waals surface area contributed by atoms with Gasteiger partial charge >= 0.3 is 5.97 Å². The standard InChI is InChI=1S/C8H8N2O3/c1-2-6-9-3-5(4-11)7(10-6)8(12)13/h3-4H,2H2,1H3,(H,12,13). The number of carbonyl (C=O) groups is 2. The highest BCUT2D eigenvalue weighted by Crippen LogP contribution is 2.03. The topological polar surface area (TPSA) is 80.2 Å². The number of aromatic nitrogens is 2. The van der Waals surface area contributed by atoms with Crippen molar-refractivity contribution in [3.05, 3.63) is 23.3 Å². The molecule has 0 radical (unpaired) electrons. The average Bonchev–Trinajstić information content (AvgIpc) is 2.16. The smallest absolute Gasteiger partial charge is 0.355 e. The van der Waals surface area contributed by atoms with Gasteiger partial charge in [0.2, 0.25) is 0 Å². The number of nitrogens with zero attached hydrogens (tertiary/aromatic N) is 2. The van der Waals surface area contributed by atoms with Crippen LogP contribution in [0.25, 0.3) is 0 Å². The van der Waals surface area contributed by atoms with Crippen molar-refractivity contribution >= 4 is 12.3 Å². The van der Waals surface area contributed by atoms with Gasteiger partial charge in [-0.15, -0.1) is 0 Å². The highest BCUT2D eigenvalue weighted by atomic mass is 16.4. The molecule has 1 rings (SSSR count). The second-order valence-electron chi connectivity index (χ2n) is 2.37. The molecule has 0 aromatic carbocycles. The minimum atomic E-state index is -1.21. The maximum absolute atomic E-state index is 10.6. The molecule has 0 aliphatic heterocycles. The first kappa shape index (κ1) is 9.31. The van der Waals surface area contributed by atoms with E-state index >= 15 is 0 Å². The van der Waals surface area contributed by atoms with Gasteiger partial charge in [-0.25, -0.2) is 14.8 Å². The van der Waals surface area contributed by atoms with Gasteiger partial charge in [0.25, 0.3) is 0 Å². The van der Waals surface area contributed by atoms with Gasteiger partial charge in [-0.3, -0.25) is 4.79 Å². The molecule has 13 heavy (non-hydrogen) atoms. The van der Waals surface area contributed by atoms with E-state index in [-0.39, 0.29) is 11.3 Å². The Morgan fingerprint density at radius 1 is 1.69 bits per heavy atom. The lowest BCUT2D eigenvalue weighted by atomic mass is 10.2. The lowest BCUT2D eigenvalue weighted by Crippen LogP contribution is -2.08.